The number of hydrogen-bond acceptors (Lipinski definition) is 2. The number of fused-ring (bicyclic) bond motifs is 7. The van der Waals surface area contributed by atoms with E-state index in [2.05, 4.69) is 359 Å². The Bertz CT molecular complexity index is 4710. The van der Waals surface area contributed by atoms with Crippen molar-refractivity contribution in [1.82, 2.24) is 4.57 Å². The van der Waals surface area contributed by atoms with Crippen LogP contribution in [-0.4, -0.2) is 11.3 Å². The number of benzene rings is 13. The summed E-state index contributed by atoms with van der Waals surface area (Å²) in [6.45, 7) is 14.0. The molecule has 0 unspecified atom stereocenters. The molecule has 16 rings (SSSR count). The molecule has 2 aliphatic heterocycles. The third-order valence-corrected chi connectivity index (χ3v) is 18.8. The van der Waals surface area contributed by atoms with E-state index in [-0.39, 0.29) is 17.5 Å². The molecule has 90 heavy (non-hydrogen) atoms. The molecule has 0 atom stereocenters. The van der Waals surface area contributed by atoms with E-state index in [0.29, 0.717) is 0 Å². The van der Waals surface area contributed by atoms with Crippen LogP contribution in [0, 0.1) is 0 Å². The van der Waals surface area contributed by atoms with Gasteiger partial charge in [-0.05, 0) is 167 Å². The molecule has 430 valence electrons. The molecule has 13 aromatic carbocycles. The average Bonchev–Trinajstić information content (AvgIpc) is 1.02. The molecule has 0 fully saturated rings. The minimum Gasteiger partial charge on any atom is -0.311 e. The van der Waals surface area contributed by atoms with Crippen molar-refractivity contribution in [3.8, 4) is 72.4 Å². The highest BCUT2D eigenvalue weighted by Crippen LogP contribution is 2.51. The number of anilines is 6. The second kappa shape index (κ2) is 21.6. The van der Waals surface area contributed by atoms with Gasteiger partial charge in [-0.15, -0.1) is 0 Å². The van der Waals surface area contributed by atoms with Crippen molar-refractivity contribution < 1.29 is 0 Å². The number of aromatic nitrogens is 1. The summed E-state index contributed by atoms with van der Waals surface area (Å²) in [5.74, 6) is 0. The Kier molecular flexibility index (Phi) is 13.1. The molecule has 0 bridgehead atoms. The van der Waals surface area contributed by atoms with Gasteiger partial charge in [0, 0.05) is 56.0 Å². The predicted octanol–water partition coefficient (Wildman–Crippen LogP) is 21.5. The maximum Gasteiger partial charge on any atom is 0.252 e. The topological polar surface area (TPSA) is 11.4 Å². The van der Waals surface area contributed by atoms with E-state index in [1.54, 1.807) is 0 Å². The van der Waals surface area contributed by atoms with Gasteiger partial charge in [-0.2, -0.15) is 0 Å². The Morgan fingerprint density at radius 3 is 0.889 bits per heavy atom. The van der Waals surface area contributed by atoms with Crippen molar-refractivity contribution in [1.29, 1.82) is 0 Å². The lowest BCUT2D eigenvalue weighted by atomic mass is 9.33. The van der Waals surface area contributed by atoms with Crippen molar-refractivity contribution in [3.05, 3.63) is 314 Å². The van der Waals surface area contributed by atoms with E-state index in [4.69, 9.17) is 0 Å². The van der Waals surface area contributed by atoms with Gasteiger partial charge >= 0.3 is 0 Å². The van der Waals surface area contributed by atoms with Crippen molar-refractivity contribution in [2.45, 2.75) is 52.4 Å². The zero-order chi connectivity index (χ0) is 60.8. The summed E-state index contributed by atoms with van der Waals surface area (Å²) in [6.07, 6.45) is 0. The largest absolute Gasteiger partial charge is 0.311 e. The third-order valence-electron chi connectivity index (χ3n) is 18.8. The molecule has 0 N–H and O–H groups in total. The average molecular weight is 1150 g/mol. The molecule has 2 aliphatic rings. The Hall–Kier alpha value is -10.7. The van der Waals surface area contributed by atoms with E-state index in [9.17, 15) is 0 Å². The molecule has 0 saturated heterocycles. The first-order valence-corrected chi connectivity index (χ1v) is 31.7. The van der Waals surface area contributed by atoms with Crippen LogP contribution in [-0.2, 0) is 10.8 Å². The summed E-state index contributed by atoms with van der Waals surface area (Å²) in [5, 5.41) is 2.48. The number of nitrogens with zero attached hydrogens (tertiary/aromatic N) is 3. The van der Waals surface area contributed by atoms with Gasteiger partial charge in [0.25, 0.3) is 6.71 Å². The summed E-state index contributed by atoms with van der Waals surface area (Å²) in [6, 6.07) is 114. The number of hydrogen-bond donors (Lipinski definition) is 0. The highest BCUT2D eigenvalue weighted by molar-refractivity contribution is 7.00. The number of rotatable bonds is 9. The smallest absolute Gasteiger partial charge is 0.252 e. The first kappa shape index (κ1) is 54.7. The molecule has 0 amide bonds. The lowest BCUT2D eigenvalue weighted by molar-refractivity contribution is 0.590. The molecule has 0 spiro atoms. The fourth-order valence-electron chi connectivity index (χ4n) is 14.2. The molecule has 14 aromatic rings. The molecular weight excluding hydrogens is 1090 g/mol. The molecule has 3 nitrogen and oxygen atoms in total. The second-order valence-electron chi connectivity index (χ2n) is 26.5. The zero-order valence-corrected chi connectivity index (χ0v) is 51.8. The first-order valence-electron chi connectivity index (χ1n) is 31.7. The molecule has 3 heterocycles. The van der Waals surface area contributed by atoms with Gasteiger partial charge in [0.15, 0.2) is 0 Å². The van der Waals surface area contributed by atoms with Crippen LogP contribution in [0.4, 0.5) is 34.1 Å². The van der Waals surface area contributed by atoms with Gasteiger partial charge < -0.3 is 14.4 Å². The van der Waals surface area contributed by atoms with Gasteiger partial charge in [-0.3, -0.25) is 0 Å². The Balaban J connectivity index is 1.08. The molecule has 1 aromatic heterocycles. The van der Waals surface area contributed by atoms with Crippen molar-refractivity contribution in [2.75, 3.05) is 9.80 Å². The van der Waals surface area contributed by atoms with E-state index in [1.807, 2.05) is 0 Å². The van der Waals surface area contributed by atoms with Gasteiger partial charge in [-0.25, -0.2) is 0 Å². The maximum atomic E-state index is 2.66. The standard InChI is InChI=1S/C86H68BN3/c1-85(2,3)67-51-72(63-33-21-11-22-34-63)83-74(53-67)75-54-68(86(4,5)6)52-73(64-35-23-12-24-36-64)84(75)90(83)71-55-80-82-81(56-71)89(70-45-39-62(40-46-70)58-27-15-8-16-28-58)79-48-42-66(60-31-19-10-20-32-60)50-77(79)87(82)76-49-65(59-29-17-9-18-30-59)41-47-78(76)88(80)69-43-37-61(38-44-69)57-25-13-7-14-26-57/h7-56H,1-6H3. The van der Waals surface area contributed by atoms with Crippen molar-refractivity contribution in [2.24, 2.45) is 0 Å². The van der Waals surface area contributed by atoms with E-state index in [1.165, 1.54) is 116 Å². The van der Waals surface area contributed by atoms with Crippen LogP contribution in [0.25, 0.3) is 94.3 Å². The predicted molar refractivity (Wildman–Crippen MR) is 385 cm³/mol. The van der Waals surface area contributed by atoms with Crippen molar-refractivity contribution >= 4 is 79.0 Å². The minimum absolute atomic E-state index is 0.143. The normalized spacial score (nSPS) is 12.7. The van der Waals surface area contributed by atoms with Gasteiger partial charge in [-0.1, -0.05) is 272 Å². The third kappa shape index (κ3) is 9.36. The minimum atomic E-state index is -0.164. The maximum absolute atomic E-state index is 2.66. The molecular formula is C86H68BN3. The van der Waals surface area contributed by atoms with Gasteiger partial charge in [0.1, 0.15) is 0 Å². The molecule has 0 radical (unpaired) electrons. The summed E-state index contributed by atoms with van der Waals surface area (Å²) >= 11 is 0. The van der Waals surface area contributed by atoms with Crippen molar-refractivity contribution in [3.63, 3.8) is 0 Å². The van der Waals surface area contributed by atoms with Crippen LogP contribution < -0.4 is 26.2 Å². The van der Waals surface area contributed by atoms with Crippen LogP contribution in [0.5, 0.6) is 0 Å². The zero-order valence-electron chi connectivity index (χ0n) is 51.8. The summed E-state index contributed by atoms with van der Waals surface area (Å²) in [5.41, 5.74) is 30.5. The van der Waals surface area contributed by atoms with E-state index < -0.39 is 0 Å². The van der Waals surface area contributed by atoms with Gasteiger partial charge in [0.05, 0.1) is 16.7 Å². The van der Waals surface area contributed by atoms with Crippen LogP contribution >= 0.6 is 0 Å². The molecule has 0 aliphatic carbocycles. The summed E-state index contributed by atoms with van der Waals surface area (Å²) < 4.78 is 2.66. The monoisotopic (exact) mass is 1150 g/mol. The molecule has 0 saturated carbocycles. The first-order chi connectivity index (χ1) is 43.9. The highest BCUT2D eigenvalue weighted by atomic mass is 15.2. The second-order valence-corrected chi connectivity index (χ2v) is 26.5. The Morgan fingerprint density at radius 2 is 0.556 bits per heavy atom. The van der Waals surface area contributed by atoms with Gasteiger partial charge in [0.2, 0.25) is 0 Å². The lowest BCUT2D eigenvalue weighted by Crippen LogP contribution is -2.61. The summed E-state index contributed by atoms with van der Waals surface area (Å²) in [4.78, 5) is 5.17. The van der Waals surface area contributed by atoms with E-state index in [0.717, 1.165) is 39.8 Å². The Morgan fingerprint density at radius 1 is 0.256 bits per heavy atom. The van der Waals surface area contributed by atoms with E-state index >= 15 is 0 Å². The van der Waals surface area contributed by atoms with Crippen LogP contribution in [0.3, 0.4) is 0 Å². The highest BCUT2D eigenvalue weighted by Gasteiger charge is 2.44. The fourth-order valence-corrected chi connectivity index (χ4v) is 14.2. The van der Waals surface area contributed by atoms with Crippen LogP contribution in [0.1, 0.15) is 52.7 Å². The fraction of sp³-hybridized carbons (Fsp3) is 0.0930. The lowest BCUT2D eigenvalue weighted by Gasteiger charge is -2.44. The SMILES string of the molecule is CC(C)(C)c1cc(-c2ccccc2)c2c(c1)c1cc(C(C)(C)C)cc(-c3ccccc3)c1n2-c1cc2c3c(c1)N(c1ccc(-c4ccccc4)cc1)c1ccc(-c4ccccc4)cc1B3c1cc(-c3ccccc3)ccc1N2c1ccc(-c2ccccc2)cc1. The van der Waals surface area contributed by atoms with Crippen LogP contribution in [0.15, 0.2) is 303 Å². The Labute approximate surface area is 529 Å². The van der Waals surface area contributed by atoms with Crippen LogP contribution in [0.2, 0.25) is 0 Å². The summed E-state index contributed by atoms with van der Waals surface area (Å²) in [7, 11) is 0. The quantitative estimate of drug-likeness (QED) is 0.133. The molecule has 4 heteroatoms.